The summed E-state index contributed by atoms with van der Waals surface area (Å²) in [7, 11) is 1.75. The Balaban J connectivity index is 1.53. The fourth-order valence-electron chi connectivity index (χ4n) is 2.16. The number of nitro groups is 1. The van der Waals surface area contributed by atoms with Crippen molar-refractivity contribution in [2.45, 2.75) is 5.03 Å². The van der Waals surface area contributed by atoms with Crippen LogP contribution in [-0.4, -0.2) is 42.2 Å². The summed E-state index contributed by atoms with van der Waals surface area (Å²) in [5.41, 5.74) is 5.25. The molecule has 0 bridgehead atoms. The van der Waals surface area contributed by atoms with Crippen LogP contribution < -0.4 is 10.9 Å². The van der Waals surface area contributed by atoms with Crippen molar-refractivity contribution in [2.24, 2.45) is 7.05 Å². The average molecular weight is 387 g/mol. The molecule has 12 heteroatoms. The maximum atomic E-state index is 11.9. The van der Waals surface area contributed by atoms with Crippen molar-refractivity contribution in [1.82, 2.24) is 30.6 Å². The summed E-state index contributed by atoms with van der Waals surface area (Å²) in [6.45, 7) is 0. The van der Waals surface area contributed by atoms with Crippen molar-refractivity contribution in [1.29, 1.82) is 0 Å². The van der Waals surface area contributed by atoms with Crippen LogP contribution in [0.5, 0.6) is 0 Å². The van der Waals surface area contributed by atoms with E-state index in [1.807, 2.05) is 0 Å². The van der Waals surface area contributed by atoms with Crippen LogP contribution in [0, 0.1) is 10.1 Å². The highest BCUT2D eigenvalue weighted by atomic mass is 32.2. The first-order chi connectivity index (χ1) is 13.0. The molecule has 0 radical (unpaired) electrons. The lowest BCUT2D eigenvalue weighted by Gasteiger charge is -2.07. The highest BCUT2D eigenvalue weighted by molar-refractivity contribution is 8.00. The van der Waals surface area contributed by atoms with Crippen LogP contribution in [0.4, 0.5) is 5.69 Å². The molecule has 3 aromatic rings. The number of aryl methyl sites for hydroxylation is 1. The van der Waals surface area contributed by atoms with E-state index in [0.29, 0.717) is 10.7 Å². The number of benzene rings is 1. The van der Waals surface area contributed by atoms with E-state index in [0.717, 1.165) is 5.39 Å². The third-order valence-corrected chi connectivity index (χ3v) is 4.49. The molecule has 2 heterocycles. The van der Waals surface area contributed by atoms with E-state index in [2.05, 4.69) is 25.9 Å². The van der Waals surface area contributed by atoms with Gasteiger partial charge < -0.3 is 0 Å². The van der Waals surface area contributed by atoms with Gasteiger partial charge in [0.25, 0.3) is 11.6 Å². The van der Waals surface area contributed by atoms with Crippen LogP contribution in [0.2, 0.25) is 0 Å². The number of aromatic nitrogens is 4. The summed E-state index contributed by atoms with van der Waals surface area (Å²) >= 11 is 1.18. The normalized spacial score (nSPS) is 10.6. The van der Waals surface area contributed by atoms with E-state index in [9.17, 15) is 19.7 Å². The second kappa shape index (κ2) is 7.78. The predicted molar refractivity (Wildman–Crippen MR) is 95.7 cm³/mol. The van der Waals surface area contributed by atoms with Crippen molar-refractivity contribution in [3.05, 3.63) is 52.5 Å². The van der Waals surface area contributed by atoms with E-state index < -0.39 is 16.7 Å². The second-order valence-corrected chi connectivity index (χ2v) is 6.24. The molecule has 11 nitrogen and oxygen atoms in total. The Labute approximate surface area is 156 Å². The number of hydrazine groups is 1. The van der Waals surface area contributed by atoms with E-state index in [-0.39, 0.29) is 17.0 Å². The SMILES string of the molecule is Cn1ncc2c(SCC(=O)NNC(=O)c3ccc([N+](=O)[O-])cc3)ncnc21. The van der Waals surface area contributed by atoms with E-state index >= 15 is 0 Å². The zero-order valence-electron chi connectivity index (χ0n) is 13.9. The third-order valence-electron chi connectivity index (χ3n) is 3.49. The molecule has 0 atom stereocenters. The standard InChI is InChI=1S/C15H13N7O4S/c1-21-13-11(6-18-21)15(17-8-16-13)27-7-12(23)19-20-14(24)9-2-4-10(5-3-9)22(25)26/h2-6,8H,7H2,1H3,(H,19,23)(H,20,24). The molecule has 3 rings (SSSR count). The van der Waals surface area contributed by atoms with E-state index in [1.165, 1.54) is 42.4 Å². The molecule has 0 saturated heterocycles. The molecular weight excluding hydrogens is 374 g/mol. The van der Waals surface area contributed by atoms with E-state index in [4.69, 9.17) is 0 Å². The van der Waals surface area contributed by atoms with Gasteiger partial charge >= 0.3 is 0 Å². The molecular formula is C15H13N7O4S. The molecule has 1 aromatic carbocycles. The topological polar surface area (TPSA) is 145 Å². The van der Waals surface area contributed by atoms with Gasteiger partial charge in [-0.15, -0.1) is 0 Å². The van der Waals surface area contributed by atoms with Gasteiger partial charge in [-0.3, -0.25) is 35.2 Å². The molecule has 0 saturated carbocycles. The van der Waals surface area contributed by atoms with Crippen molar-refractivity contribution in [3.63, 3.8) is 0 Å². The number of hydrogen-bond acceptors (Lipinski definition) is 8. The summed E-state index contributed by atoms with van der Waals surface area (Å²) in [6, 6.07) is 5.02. The Morgan fingerprint density at radius 3 is 2.67 bits per heavy atom. The van der Waals surface area contributed by atoms with Crippen molar-refractivity contribution in [2.75, 3.05) is 5.75 Å². The molecule has 2 aromatic heterocycles. The Morgan fingerprint density at radius 1 is 1.22 bits per heavy atom. The summed E-state index contributed by atoms with van der Waals surface area (Å²) < 4.78 is 1.60. The lowest BCUT2D eigenvalue weighted by molar-refractivity contribution is -0.384. The minimum atomic E-state index is -0.583. The first-order valence-corrected chi connectivity index (χ1v) is 8.53. The van der Waals surface area contributed by atoms with Crippen LogP contribution in [-0.2, 0) is 11.8 Å². The number of nitrogens with one attached hydrogen (secondary N) is 2. The van der Waals surface area contributed by atoms with Gasteiger partial charge in [0.1, 0.15) is 11.4 Å². The number of carbonyl (C=O) groups is 2. The van der Waals surface area contributed by atoms with Crippen molar-refractivity contribution in [3.8, 4) is 0 Å². The zero-order chi connectivity index (χ0) is 19.4. The number of carbonyl (C=O) groups excluding carboxylic acids is 2. The molecule has 2 N–H and O–H groups in total. The van der Waals surface area contributed by atoms with Gasteiger partial charge in [0.15, 0.2) is 5.65 Å². The fraction of sp³-hybridized carbons (Fsp3) is 0.133. The largest absolute Gasteiger partial charge is 0.272 e. The number of nitrogens with zero attached hydrogens (tertiary/aromatic N) is 5. The summed E-state index contributed by atoms with van der Waals surface area (Å²) in [6.07, 6.45) is 3.01. The third kappa shape index (κ3) is 4.17. The van der Waals surface area contributed by atoms with Gasteiger partial charge in [-0.05, 0) is 12.1 Å². The lowest BCUT2D eigenvalue weighted by Crippen LogP contribution is -2.42. The molecule has 0 unspecified atom stereocenters. The van der Waals surface area contributed by atoms with Crippen LogP contribution in [0.15, 0.2) is 41.8 Å². The molecule has 2 amide bonds. The maximum absolute atomic E-state index is 11.9. The first-order valence-electron chi connectivity index (χ1n) is 7.55. The molecule has 0 spiro atoms. The molecule has 0 aliphatic carbocycles. The van der Waals surface area contributed by atoms with Gasteiger partial charge in [0.05, 0.1) is 22.3 Å². The highest BCUT2D eigenvalue weighted by Gasteiger charge is 2.12. The van der Waals surface area contributed by atoms with Gasteiger partial charge in [-0.2, -0.15) is 5.10 Å². The van der Waals surface area contributed by atoms with Gasteiger partial charge in [0, 0.05) is 24.7 Å². The first kappa shape index (κ1) is 18.3. The van der Waals surface area contributed by atoms with E-state index in [1.54, 1.807) is 17.9 Å². The van der Waals surface area contributed by atoms with Crippen molar-refractivity contribution >= 4 is 40.3 Å². The van der Waals surface area contributed by atoms with Gasteiger partial charge in [-0.25, -0.2) is 9.97 Å². The number of hydrogen-bond donors (Lipinski definition) is 2. The number of fused-ring (bicyclic) bond motifs is 1. The Bertz CT molecular complexity index is 1020. The Morgan fingerprint density at radius 2 is 1.96 bits per heavy atom. The number of nitro benzene ring substituents is 1. The molecule has 27 heavy (non-hydrogen) atoms. The smallest absolute Gasteiger partial charge is 0.269 e. The summed E-state index contributed by atoms with van der Waals surface area (Å²) in [5.74, 6) is -1.01. The fourth-order valence-corrected chi connectivity index (χ4v) is 2.92. The highest BCUT2D eigenvalue weighted by Crippen LogP contribution is 2.23. The minimum Gasteiger partial charge on any atom is -0.272 e. The predicted octanol–water partition coefficient (Wildman–Crippen LogP) is 0.825. The molecule has 138 valence electrons. The summed E-state index contributed by atoms with van der Waals surface area (Å²) in [4.78, 5) is 42.2. The Hall–Kier alpha value is -3.54. The van der Waals surface area contributed by atoms with Gasteiger partial charge in [0.2, 0.25) is 5.91 Å². The van der Waals surface area contributed by atoms with Crippen LogP contribution in [0.3, 0.4) is 0 Å². The van der Waals surface area contributed by atoms with Crippen LogP contribution in [0.1, 0.15) is 10.4 Å². The molecule has 0 fully saturated rings. The van der Waals surface area contributed by atoms with Crippen molar-refractivity contribution < 1.29 is 14.5 Å². The number of amides is 2. The lowest BCUT2D eigenvalue weighted by atomic mass is 10.2. The quantitative estimate of drug-likeness (QED) is 0.283. The Kier molecular flexibility index (Phi) is 5.26. The van der Waals surface area contributed by atoms with Crippen LogP contribution >= 0.6 is 11.8 Å². The van der Waals surface area contributed by atoms with Gasteiger partial charge in [-0.1, -0.05) is 11.8 Å². The monoisotopic (exact) mass is 387 g/mol. The zero-order valence-corrected chi connectivity index (χ0v) is 14.8. The number of non-ortho nitro benzene ring substituents is 1. The second-order valence-electron chi connectivity index (χ2n) is 5.28. The number of thioether (sulfide) groups is 1. The average Bonchev–Trinajstić information content (AvgIpc) is 3.06. The summed E-state index contributed by atoms with van der Waals surface area (Å²) in [5, 5.41) is 16.0. The number of rotatable bonds is 5. The molecule has 0 aliphatic rings. The molecule has 0 aliphatic heterocycles. The minimum absolute atomic E-state index is 0.0154. The van der Waals surface area contributed by atoms with Crippen LogP contribution in [0.25, 0.3) is 11.0 Å². The maximum Gasteiger partial charge on any atom is 0.269 e.